The maximum Gasteiger partial charge on any atom is 0.416 e. The predicted molar refractivity (Wildman–Crippen MR) is 138 cm³/mol. The summed E-state index contributed by atoms with van der Waals surface area (Å²) in [7, 11) is 1.69. The van der Waals surface area contributed by atoms with Crippen molar-refractivity contribution in [2.24, 2.45) is 13.0 Å². The third-order valence-corrected chi connectivity index (χ3v) is 7.03. The van der Waals surface area contributed by atoms with Gasteiger partial charge in [0.1, 0.15) is 9.94 Å². The average molecular weight is 576 g/mol. The number of halogens is 5. The molecule has 0 bridgehead atoms. The van der Waals surface area contributed by atoms with Crippen molar-refractivity contribution in [1.82, 2.24) is 15.1 Å². The van der Waals surface area contributed by atoms with E-state index < -0.39 is 29.4 Å². The van der Waals surface area contributed by atoms with Gasteiger partial charge in [-0.15, -0.1) is 11.3 Å². The number of hydrogen-bond donors (Lipinski definition) is 1. The van der Waals surface area contributed by atoms with Crippen molar-refractivity contribution < 1.29 is 27.5 Å². The first-order valence-electron chi connectivity index (χ1n) is 11.3. The molecule has 200 valence electrons. The molecule has 0 spiro atoms. The maximum absolute atomic E-state index is 13.6. The van der Waals surface area contributed by atoms with E-state index in [0.29, 0.717) is 25.5 Å². The predicted octanol–water partition coefficient (Wildman–Crippen LogP) is 7.43. The highest BCUT2D eigenvalue weighted by atomic mass is 35.5. The zero-order valence-corrected chi connectivity index (χ0v) is 22.9. The normalized spacial score (nSPS) is 12.9. The summed E-state index contributed by atoms with van der Waals surface area (Å²) in [5.41, 5.74) is -0.424. The largest absolute Gasteiger partial charge is 0.444 e. The number of Topliss-reactive ketones (excluding diaryl/α,β-unsaturated/α-hetero) is 1. The molecule has 12 heteroatoms. The zero-order chi connectivity index (χ0) is 27.5. The Morgan fingerprint density at radius 3 is 2.46 bits per heavy atom. The van der Waals surface area contributed by atoms with Gasteiger partial charge in [-0.3, -0.25) is 9.48 Å². The number of aryl methyl sites for hydroxylation is 1. The SMILES string of the molecule is Cn1ncc(Cl)c1-c1cc(C(=O)C[C@H](CNC(=O)OC(C)(C)C)Cc2ccccc2C(F)(F)F)sc1Cl. The van der Waals surface area contributed by atoms with E-state index in [1.54, 1.807) is 33.9 Å². The molecule has 0 aliphatic heterocycles. The zero-order valence-electron chi connectivity index (χ0n) is 20.6. The Morgan fingerprint density at radius 2 is 1.86 bits per heavy atom. The van der Waals surface area contributed by atoms with Crippen molar-refractivity contribution in [2.75, 3.05) is 6.54 Å². The number of hydrogen-bond acceptors (Lipinski definition) is 5. The molecular weight excluding hydrogens is 550 g/mol. The van der Waals surface area contributed by atoms with E-state index in [2.05, 4.69) is 10.4 Å². The van der Waals surface area contributed by atoms with Gasteiger partial charge in [0.25, 0.3) is 0 Å². The summed E-state index contributed by atoms with van der Waals surface area (Å²) < 4.78 is 47.9. The van der Waals surface area contributed by atoms with E-state index in [1.165, 1.54) is 29.1 Å². The quantitative estimate of drug-likeness (QED) is 0.283. The number of amides is 1. The van der Waals surface area contributed by atoms with E-state index in [1.807, 2.05) is 0 Å². The van der Waals surface area contributed by atoms with Crippen LogP contribution < -0.4 is 5.32 Å². The summed E-state index contributed by atoms with van der Waals surface area (Å²) in [6.45, 7) is 5.02. The third-order valence-electron chi connectivity index (χ3n) is 5.35. The third kappa shape index (κ3) is 7.72. The Bertz CT molecular complexity index is 1260. The molecule has 0 fully saturated rings. The van der Waals surface area contributed by atoms with Crippen LogP contribution >= 0.6 is 34.5 Å². The van der Waals surface area contributed by atoms with Crippen molar-refractivity contribution in [3.8, 4) is 11.3 Å². The first-order valence-corrected chi connectivity index (χ1v) is 12.8. The molecule has 0 aliphatic rings. The monoisotopic (exact) mass is 575 g/mol. The molecule has 3 rings (SSSR count). The average Bonchev–Trinajstić information content (AvgIpc) is 3.31. The fourth-order valence-electron chi connectivity index (χ4n) is 3.79. The minimum absolute atomic E-state index is 0.0327. The highest BCUT2D eigenvalue weighted by Crippen LogP contribution is 2.39. The van der Waals surface area contributed by atoms with Crippen molar-refractivity contribution in [3.63, 3.8) is 0 Å². The Morgan fingerprint density at radius 1 is 1.19 bits per heavy atom. The van der Waals surface area contributed by atoms with Gasteiger partial charge in [-0.25, -0.2) is 4.79 Å². The van der Waals surface area contributed by atoms with Gasteiger partial charge >= 0.3 is 12.3 Å². The van der Waals surface area contributed by atoms with Crippen LogP contribution in [0, 0.1) is 5.92 Å². The lowest BCUT2D eigenvalue weighted by Gasteiger charge is -2.22. The van der Waals surface area contributed by atoms with Crippen molar-refractivity contribution in [2.45, 2.75) is 45.4 Å². The standard InChI is InChI=1S/C25H26Cl2F3N3O3S/c1-24(2,3)36-23(35)31-12-14(9-15-7-5-6-8-17(15)25(28,29)30)10-19(34)20-11-16(22(27)37-20)21-18(26)13-32-33(21)4/h5-8,11,13-14H,9-10,12H2,1-4H3,(H,31,35)/t14-/m1/s1. The summed E-state index contributed by atoms with van der Waals surface area (Å²) in [6.07, 6.45) is -4.03. The Labute approximate surface area is 226 Å². The Kier molecular flexibility index (Phi) is 8.97. The molecular formula is C25H26Cl2F3N3O3S. The van der Waals surface area contributed by atoms with Gasteiger partial charge in [0.2, 0.25) is 0 Å². The fraction of sp³-hybridized carbons (Fsp3) is 0.400. The van der Waals surface area contributed by atoms with Crippen LogP contribution in [0.15, 0.2) is 36.5 Å². The highest BCUT2D eigenvalue weighted by molar-refractivity contribution is 7.18. The van der Waals surface area contributed by atoms with Crippen LogP contribution in [0.3, 0.4) is 0 Å². The number of aromatic nitrogens is 2. The summed E-state index contributed by atoms with van der Waals surface area (Å²) in [5, 5.41) is 7.03. The summed E-state index contributed by atoms with van der Waals surface area (Å²) in [5.74, 6) is -0.968. The van der Waals surface area contributed by atoms with Crippen LogP contribution in [-0.4, -0.2) is 33.8 Å². The van der Waals surface area contributed by atoms with Gasteiger partial charge < -0.3 is 10.1 Å². The molecule has 2 aromatic heterocycles. The smallest absolute Gasteiger partial charge is 0.416 e. The van der Waals surface area contributed by atoms with Crippen LogP contribution in [0.1, 0.15) is 48.0 Å². The molecule has 0 saturated carbocycles. The minimum atomic E-state index is -4.55. The molecule has 3 aromatic rings. The molecule has 0 aliphatic carbocycles. The molecule has 1 N–H and O–H groups in total. The fourth-order valence-corrected chi connectivity index (χ4v) is 5.28. The number of rotatable bonds is 8. The topological polar surface area (TPSA) is 73.2 Å². The number of benzene rings is 1. The Hall–Kier alpha value is -2.56. The van der Waals surface area contributed by atoms with Gasteiger partial charge in [-0.2, -0.15) is 18.3 Å². The van der Waals surface area contributed by atoms with Gasteiger partial charge in [0.05, 0.1) is 27.4 Å². The number of thiophene rings is 1. The maximum atomic E-state index is 13.6. The van der Waals surface area contributed by atoms with E-state index in [-0.39, 0.29) is 30.7 Å². The van der Waals surface area contributed by atoms with Crippen LogP contribution in [0.25, 0.3) is 11.3 Å². The summed E-state index contributed by atoms with van der Waals surface area (Å²) in [6, 6.07) is 6.79. The highest BCUT2D eigenvalue weighted by Gasteiger charge is 2.34. The molecule has 0 saturated heterocycles. The van der Waals surface area contributed by atoms with Crippen molar-refractivity contribution in [3.05, 3.63) is 61.9 Å². The number of nitrogens with one attached hydrogen (secondary N) is 1. The number of carbonyl (C=O) groups is 2. The van der Waals surface area contributed by atoms with Gasteiger partial charge in [0, 0.05) is 25.6 Å². The van der Waals surface area contributed by atoms with Crippen molar-refractivity contribution >= 4 is 46.4 Å². The second-order valence-electron chi connectivity index (χ2n) is 9.50. The molecule has 37 heavy (non-hydrogen) atoms. The van der Waals surface area contributed by atoms with E-state index in [4.69, 9.17) is 27.9 Å². The lowest BCUT2D eigenvalue weighted by atomic mass is 9.91. The van der Waals surface area contributed by atoms with E-state index in [9.17, 15) is 22.8 Å². The van der Waals surface area contributed by atoms with Gasteiger partial charge in [0.15, 0.2) is 5.78 Å². The van der Waals surface area contributed by atoms with Gasteiger partial charge in [-0.05, 0) is 50.8 Å². The number of ether oxygens (including phenoxy) is 1. The van der Waals surface area contributed by atoms with Crippen LogP contribution in [-0.2, 0) is 24.4 Å². The second-order valence-corrected chi connectivity index (χ2v) is 11.6. The molecule has 1 aromatic carbocycles. The number of nitrogens with zero attached hydrogens (tertiary/aromatic N) is 2. The van der Waals surface area contributed by atoms with Crippen LogP contribution in [0.2, 0.25) is 9.36 Å². The van der Waals surface area contributed by atoms with Gasteiger partial charge in [-0.1, -0.05) is 41.4 Å². The molecule has 2 heterocycles. The number of ketones is 1. The van der Waals surface area contributed by atoms with Crippen LogP contribution in [0.5, 0.6) is 0 Å². The number of alkyl carbamates (subject to hydrolysis) is 1. The first kappa shape index (κ1) is 29.0. The summed E-state index contributed by atoms with van der Waals surface area (Å²) in [4.78, 5) is 25.8. The molecule has 6 nitrogen and oxygen atoms in total. The first-order chi connectivity index (χ1) is 17.2. The second kappa shape index (κ2) is 11.4. The van der Waals surface area contributed by atoms with E-state index in [0.717, 1.165) is 17.4 Å². The molecule has 0 radical (unpaired) electrons. The lowest BCUT2D eigenvalue weighted by Crippen LogP contribution is -2.36. The van der Waals surface area contributed by atoms with Crippen LogP contribution in [0.4, 0.5) is 18.0 Å². The lowest BCUT2D eigenvalue weighted by molar-refractivity contribution is -0.138. The number of alkyl halides is 3. The molecule has 1 atom stereocenters. The van der Waals surface area contributed by atoms with E-state index >= 15 is 0 Å². The number of carbonyl (C=O) groups excluding carboxylic acids is 2. The van der Waals surface area contributed by atoms with Crippen molar-refractivity contribution in [1.29, 1.82) is 0 Å². The Balaban J connectivity index is 1.85. The molecule has 1 amide bonds. The molecule has 0 unspecified atom stereocenters. The summed E-state index contributed by atoms with van der Waals surface area (Å²) >= 11 is 13.7. The minimum Gasteiger partial charge on any atom is -0.444 e.